The highest BCUT2D eigenvalue weighted by atomic mass is 16.2. The summed E-state index contributed by atoms with van der Waals surface area (Å²) in [5.41, 5.74) is 1.53. The normalized spacial score (nSPS) is 19.7. The first-order valence-corrected chi connectivity index (χ1v) is 6.39. The molecule has 1 aliphatic rings. The summed E-state index contributed by atoms with van der Waals surface area (Å²) in [6, 6.07) is 10.3. The minimum Gasteiger partial charge on any atom is -0.319 e. The summed E-state index contributed by atoms with van der Waals surface area (Å²) in [5.74, 6) is 0. The van der Waals surface area contributed by atoms with Crippen LogP contribution in [0.5, 0.6) is 0 Å². The minimum absolute atomic E-state index is 0.0146. The second kappa shape index (κ2) is 4.58. The number of amides is 2. The smallest absolute Gasteiger partial charge is 0.319 e. The number of rotatable bonds is 2. The summed E-state index contributed by atoms with van der Waals surface area (Å²) in [6.07, 6.45) is 0. The van der Waals surface area contributed by atoms with Crippen molar-refractivity contribution in [2.45, 2.75) is 32.4 Å². The Hall–Kier alpha value is -2.02. The molecule has 100 valence electrons. The maximum absolute atomic E-state index is 12.3. The van der Waals surface area contributed by atoms with Gasteiger partial charge in [0.05, 0.1) is 12.1 Å². The fourth-order valence-corrected chi connectivity index (χ4v) is 2.34. The average molecular weight is 257 g/mol. The van der Waals surface area contributed by atoms with Gasteiger partial charge in [0.1, 0.15) is 5.54 Å². The van der Waals surface area contributed by atoms with Crippen molar-refractivity contribution in [2.75, 3.05) is 13.6 Å². The highest BCUT2D eigenvalue weighted by Crippen LogP contribution is 2.32. The average Bonchev–Trinajstić information content (AvgIpc) is 2.68. The number of nitrogens with zero attached hydrogens (tertiary/aromatic N) is 3. The monoisotopic (exact) mass is 257 g/mol. The Balaban J connectivity index is 2.29. The lowest BCUT2D eigenvalue weighted by molar-refractivity contribution is 0.172. The molecule has 19 heavy (non-hydrogen) atoms. The Bertz CT molecular complexity index is 527. The lowest BCUT2D eigenvalue weighted by atomic mass is 10.0. The summed E-state index contributed by atoms with van der Waals surface area (Å²) in [7, 11) is 1.79. The molecule has 4 nitrogen and oxygen atoms in total. The molecule has 1 aromatic carbocycles. The quantitative estimate of drug-likeness (QED) is 0.817. The van der Waals surface area contributed by atoms with Gasteiger partial charge >= 0.3 is 6.03 Å². The third-order valence-corrected chi connectivity index (χ3v) is 3.77. The number of carbonyl (C=O) groups excluding carboxylic acids is 1. The molecule has 1 aromatic rings. The zero-order valence-corrected chi connectivity index (χ0v) is 11.8. The standard InChI is InChI=1S/C15H19N3O/c1-11-5-7-12(8-6-11)13-9-18(14(19)17(13)4)15(2,3)10-16/h5-8,13H,9H2,1-4H3. The van der Waals surface area contributed by atoms with Crippen molar-refractivity contribution in [2.24, 2.45) is 0 Å². The van der Waals surface area contributed by atoms with Crippen LogP contribution in [0, 0.1) is 18.3 Å². The predicted octanol–water partition coefficient (Wildman–Crippen LogP) is 2.71. The highest BCUT2D eigenvalue weighted by Gasteiger charge is 2.42. The topological polar surface area (TPSA) is 47.3 Å². The maximum atomic E-state index is 12.3. The van der Waals surface area contributed by atoms with Gasteiger partial charge in [0.2, 0.25) is 0 Å². The minimum atomic E-state index is -0.773. The van der Waals surface area contributed by atoms with Crippen molar-refractivity contribution in [1.29, 1.82) is 5.26 Å². The Labute approximate surface area is 114 Å². The third-order valence-electron chi connectivity index (χ3n) is 3.77. The molecule has 1 unspecified atom stereocenters. The molecule has 0 radical (unpaired) electrons. The van der Waals surface area contributed by atoms with Gasteiger partial charge in [-0.2, -0.15) is 5.26 Å². The van der Waals surface area contributed by atoms with Crippen LogP contribution in [-0.2, 0) is 0 Å². The van der Waals surface area contributed by atoms with Crippen LogP contribution < -0.4 is 0 Å². The second-order valence-corrected chi connectivity index (χ2v) is 5.60. The molecule has 1 atom stereocenters. The summed E-state index contributed by atoms with van der Waals surface area (Å²) in [6.45, 7) is 6.14. The molecule has 4 heteroatoms. The van der Waals surface area contributed by atoms with Crippen molar-refractivity contribution in [3.05, 3.63) is 35.4 Å². The van der Waals surface area contributed by atoms with E-state index < -0.39 is 5.54 Å². The largest absolute Gasteiger partial charge is 0.321 e. The van der Waals surface area contributed by atoms with Gasteiger partial charge in [-0.05, 0) is 26.3 Å². The molecule has 1 saturated heterocycles. The van der Waals surface area contributed by atoms with Gasteiger partial charge in [0.15, 0.2) is 0 Å². The van der Waals surface area contributed by atoms with Gasteiger partial charge in [-0.15, -0.1) is 0 Å². The van der Waals surface area contributed by atoms with Gasteiger partial charge in [-0.25, -0.2) is 4.79 Å². The zero-order valence-electron chi connectivity index (χ0n) is 11.8. The Morgan fingerprint density at radius 2 is 1.89 bits per heavy atom. The number of hydrogen-bond acceptors (Lipinski definition) is 2. The summed E-state index contributed by atoms with van der Waals surface area (Å²) >= 11 is 0. The van der Waals surface area contributed by atoms with Gasteiger partial charge in [0.25, 0.3) is 0 Å². The molecule has 0 aromatic heterocycles. The van der Waals surface area contributed by atoms with E-state index in [1.165, 1.54) is 5.56 Å². The first-order valence-electron chi connectivity index (χ1n) is 6.39. The lowest BCUT2D eigenvalue weighted by Crippen LogP contribution is -2.44. The molecule has 2 amide bonds. The van der Waals surface area contributed by atoms with Gasteiger partial charge < -0.3 is 9.80 Å². The van der Waals surface area contributed by atoms with E-state index in [9.17, 15) is 10.1 Å². The van der Waals surface area contributed by atoms with Crippen LogP contribution in [-0.4, -0.2) is 35.0 Å². The van der Waals surface area contributed by atoms with Crippen LogP contribution in [0.25, 0.3) is 0 Å². The Kier molecular flexibility index (Phi) is 3.23. The second-order valence-electron chi connectivity index (χ2n) is 5.60. The number of carbonyl (C=O) groups is 1. The first kappa shape index (κ1) is 13.4. The first-order chi connectivity index (χ1) is 8.86. The molecule has 1 fully saturated rings. The van der Waals surface area contributed by atoms with E-state index in [1.807, 2.05) is 31.2 Å². The molecule has 0 saturated carbocycles. The number of benzene rings is 1. The van der Waals surface area contributed by atoms with Gasteiger partial charge in [0, 0.05) is 13.6 Å². The van der Waals surface area contributed by atoms with E-state index in [0.717, 1.165) is 5.56 Å². The van der Waals surface area contributed by atoms with Crippen molar-refractivity contribution in [1.82, 2.24) is 9.80 Å². The van der Waals surface area contributed by atoms with Crippen LogP contribution >= 0.6 is 0 Å². The van der Waals surface area contributed by atoms with Crippen LogP contribution in [0.3, 0.4) is 0 Å². The van der Waals surface area contributed by atoms with E-state index in [1.54, 1.807) is 30.7 Å². The number of urea groups is 1. The molecular formula is C15H19N3O. The Morgan fingerprint density at radius 3 is 2.42 bits per heavy atom. The summed E-state index contributed by atoms with van der Waals surface area (Å²) in [5, 5.41) is 9.19. The fraction of sp³-hybridized carbons (Fsp3) is 0.467. The maximum Gasteiger partial charge on any atom is 0.321 e. The van der Waals surface area contributed by atoms with Crippen molar-refractivity contribution >= 4 is 6.03 Å². The van der Waals surface area contributed by atoms with Crippen LogP contribution in [0.1, 0.15) is 31.0 Å². The molecule has 1 aliphatic heterocycles. The molecule has 0 aliphatic carbocycles. The van der Waals surface area contributed by atoms with Gasteiger partial charge in [-0.1, -0.05) is 29.8 Å². The summed E-state index contributed by atoms with van der Waals surface area (Å²) in [4.78, 5) is 15.6. The molecule has 0 bridgehead atoms. The zero-order chi connectivity index (χ0) is 14.2. The Morgan fingerprint density at radius 1 is 1.32 bits per heavy atom. The van der Waals surface area contributed by atoms with E-state index in [4.69, 9.17) is 0 Å². The molecule has 0 N–H and O–H groups in total. The molecule has 0 spiro atoms. The molecular weight excluding hydrogens is 238 g/mol. The number of nitriles is 1. The van der Waals surface area contributed by atoms with E-state index in [-0.39, 0.29) is 12.1 Å². The molecule has 1 heterocycles. The van der Waals surface area contributed by atoms with E-state index in [0.29, 0.717) is 6.54 Å². The SMILES string of the molecule is Cc1ccc(C2CN(C(C)(C)C#N)C(=O)N2C)cc1. The van der Waals surface area contributed by atoms with Crippen LogP contribution in [0.2, 0.25) is 0 Å². The van der Waals surface area contributed by atoms with E-state index >= 15 is 0 Å². The number of hydrogen-bond donors (Lipinski definition) is 0. The van der Waals surface area contributed by atoms with Crippen molar-refractivity contribution in [3.8, 4) is 6.07 Å². The van der Waals surface area contributed by atoms with Crippen LogP contribution in [0.4, 0.5) is 4.79 Å². The third kappa shape index (κ3) is 2.28. The van der Waals surface area contributed by atoms with Crippen molar-refractivity contribution in [3.63, 3.8) is 0 Å². The fourth-order valence-electron chi connectivity index (χ4n) is 2.34. The number of likely N-dealkylation sites (N-methyl/N-ethyl adjacent to an activating group) is 1. The molecule has 2 rings (SSSR count). The van der Waals surface area contributed by atoms with Gasteiger partial charge in [-0.3, -0.25) is 0 Å². The summed E-state index contributed by atoms with van der Waals surface area (Å²) < 4.78 is 0. The number of aryl methyl sites for hydroxylation is 1. The highest BCUT2D eigenvalue weighted by molar-refractivity contribution is 5.78. The lowest BCUT2D eigenvalue weighted by Gasteiger charge is -2.27. The van der Waals surface area contributed by atoms with Crippen molar-refractivity contribution < 1.29 is 4.79 Å². The van der Waals surface area contributed by atoms with E-state index in [2.05, 4.69) is 6.07 Å². The predicted molar refractivity (Wildman–Crippen MR) is 73.5 cm³/mol. The van der Waals surface area contributed by atoms with Crippen LogP contribution in [0.15, 0.2) is 24.3 Å².